The number of benzene rings is 2. The number of anilines is 1. The molecule has 0 saturated heterocycles. The number of sulfonamides is 1. The van der Waals surface area contributed by atoms with E-state index in [0.717, 1.165) is 0 Å². The minimum atomic E-state index is -3.89. The van der Waals surface area contributed by atoms with Crippen molar-refractivity contribution in [1.82, 2.24) is 0 Å². The maximum absolute atomic E-state index is 11.8. The number of carbonyl (C=O) groups is 2. The average molecular weight is 394 g/mol. The van der Waals surface area contributed by atoms with Crippen molar-refractivity contribution in [3.8, 4) is 11.5 Å². The monoisotopic (exact) mass is 394 g/mol. The van der Waals surface area contributed by atoms with Crippen LogP contribution in [0.4, 0.5) is 5.69 Å². The predicted molar refractivity (Wildman–Crippen MR) is 95.9 cm³/mol. The molecule has 9 nitrogen and oxygen atoms in total. The molecule has 0 aliphatic carbocycles. The molecule has 0 atom stereocenters. The summed E-state index contributed by atoms with van der Waals surface area (Å²) in [6.07, 6.45) is 0. The lowest BCUT2D eigenvalue weighted by Gasteiger charge is -2.10. The van der Waals surface area contributed by atoms with Crippen LogP contribution in [0.3, 0.4) is 0 Å². The summed E-state index contributed by atoms with van der Waals surface area (Å²) in [4.78, 5) is 23.4. The molecule has 10 heteroatoms. The number of hydrogen-bond acceptors (Lipinski definition) is 7. The van der Waals surface area contributed by atoms with Gasteiger partial charge >= 0.3 is 5.97 Å². The van der Waals surface area contributed by atoms with Crippen molar-refractivity contribution in [1.29, 1.82) is 0 Å². The highest BCUT2D eigenvalue weighted by Crippen LogP contribution is 2.25. The van der Waals surface area contributed by atoms with Crippen LogP contribution in [0.25, 0.3) is 0 Å². The van der Waals surface area contributed by atoms with Crippen molar-refractivity contribution in [3.63, 3.8) is 0 Å². The second-order valence-electron chi connectivity index (χ2n) is 5.22. The Morgan fingerprint density at radius 1 is 1.04 bits per heavy atom. The third-order valence-corrected chi connectivity index (χ3v) is 4.14. The Morgan fingerprint density at radius 2 is 1.74 bits per heavy atom. The van der Waals surface area contributed by atoms with Crippen LogP contribution < -0.4 is 19.9 Å². The normalized spacial score (nSPS) is 10.7. The molecule has 2 aromatic carbocycles. The molecule has 2 aromatic rings. The number of para-hydroxylation sites is 2. The molecule has 3 N–H and O–H groups in total. The number of amides is 1. The van der Waals surface area contributed by atoms with Crippen LogP contribution >= 0.6 is 0 Å². The second kappa shape index (κ2) is 9.01. The van der Waals surface area contributed by atoms with Crippen molar-refractivity contribution in [2.75, 3.05) is 25.6 Å². The van der Waals surface area contributed by atoms with Crippen LogP contribution in [0.5, 0.6) is 11.5 Å². The number of methoxy groups -OCH3 is 1. The summed E-state index contributed by atoms with van der Waals surface area (Å²) in [5.74, 6) is -0.583. The summed E-state index contributed by atoms with van der Waals surface area (Å²) < 4.78 is 37.8. The molecule has 144 valence electrons. The predicted octanol–water partition coefficient (Wildman–Crippen LogP) is 0.903. The van der Waals surface area contributed by atoms with Gasteiger partial charge in [-0.15, -0.1) is 0 Å². The van der Waals surface area contributed by atoms with E-state index in [1.807, 2.05) is 0 Å². The fourth-order valence-electron chi connectivity index (χ4n) is 2.01. The minimum absolute atomic E-state index is 0.150. The van der Waals surface area contributed by atoms with Crippen LogP contribution in [-0.2, 0) is 24.3 Å². The Balaban J connectivity index is 1.82. The third kappa shape index (κ3) is 6.28. The first-order valence-electron chi connectivity index (χ1n) is 7.64. The first-order valence-corrected chi connectivity index (χ1v) is 9.18. The molecule has 0 aromatic heterocycles. The van der Waals surface area contributed by atoms with Gasteiger partial charge in [0.2, 0.25) is 10.0 Å². The topological polar surface area (TPSA) is 134 Å². The van der Waals surface area contributed by atoms with Gasteiger partial charge in [-0.1, -0.05) is 18.2 Å². The summed E-state index contributed by atoms with van der Waals surface area (Å²) in [5, 5.41) is 7.43. The van der Waals surface area contributed by atoms with Gasteiger partial charge in [0.15, 0.2) is 24.7 Å². The fourth-order valence-corrected chi connectivity index (χ4v) is 2.57. The summed E-state index contributed by atoms with van der Waals surface area (Å²) in [6.45, 7) is -0.970. The Labute approximate surface area is 156 Å². The molecule has 0 fully saturated rings. The van der Waals surface area contributed by atoms with Gasteiger partial charge in [0.05, 0.1) is 12.0 Å². The van der Waals surface area contributed by atoms with Crippen LogP contribution in [-0.4, -0.2) is 40.6 Å². The van der Waals surface area contributed by atoms with E-state index < -0.39 is 35.1 Å². The number of hydrogen-bond donors (Lipinski definition) is 2. The molecule has 27 heavy (non-hydrogen) atoms. The fraction of sp³-hybridized carbons (Fsp3) is 0.176. The van der Waals surface area contributed by atoms with Gasteiger partial charge in [-0.2, -0.15) is 0 Å². The summed E-state index contributed by atoms with van der Waals surface area (Å²) in [5.41, 5.74) is 0.202. The van der Waals surface area contributed by atoms with E-state index in [2.05, 4.69) is 5.32 Å². The third-order valence-electron chi connectivity index (χ3n) is 3.23. The second-order valence-corrected chi connectivity index (χ2v) is 6.78. The van der Waals surface area contributed by atoms with Crippen molar-refractivity contribution in [2.24, 2.45) is 5.14 Å². The maximum atomic E-state index is 11.8. The number of esters is 1. The number of nitrogens with two attached hydrogens (primary N) is 1. The van der Waals surface area contributed by atoms with Gasteiger partial charge < -0.3 is 19.5 Å². The maximum Gasteiger partial charge on any atom is 0.344 e. The lowest BCUT2D eigenvalue weighted by Crippen LogP contribution is -2.24. The SMILES string of the molecule is COc1ccccc1OCC(=O)OCC(=O)Nc1cccc(S(N)(=O)=O)c1. The van der Waals surface area contributed by atoms with Crippen LogP contribution in [0.15, 0.2) is 53.4 Å². The molecule has 1 amide bonds. The molecule has 0 aliphatic heterocycles. The van der Waals surface area contributed by atoms with Crippen molar-refractivity contribution < 1.29 is 32.2 Å². The molecule has 0 heterocycles. The minimum Gasteiger partial charge on any atom is -0.493 e. The van der Waals surface area contributed by atoms with E-state index in [0.29, 0.717) is 11.5 Å². The Hall–Kier alpha value is -3.11. The lowest BCUT2D eigenvalue weighted by atomic mass is 10.3. The van der Waals surface area contributed by atoms with E-state index in [9.17, 15) is 18.0 Å². The molecular weight excluding hydrogens is 376 g/mol. The molecule has 0 unspecified atom stereocenters. The van der Waals surface area contributed by atoms with Gasteiger partial charge in [-0.25, -0.2) is 18.4 Å². The van der Waals surface area contributed by atoms with Gasteiger partial charge in [0.25, 0.3) is 5.91 Å². The van der Waals surface area contributed by atoms with E-state index in [-0.39, 0.29) is 10.6 Å². The lowest BCUT2D eigenvalue weighted by molar-refractivity contribution is -0.149. The van der Waals surface area contributed by atoms with Gasteiger partial charge in [0, 0.05) is 5.69 Å². The van der Waals surface area contributed by atoms with Gasteiger partial charge in [-0.05, 0) is 30.3 Å². The van der Waals surface area contributed by atoms with Gasteiger partial charge in [0.1, 0.15) is 0 Å². The van der Waals surface area contributed by atoms with E-state index in [1.54, 1.807) is 24.3 Å². The van der Waals surface area contributed by atoms with Crippen LogP contribution in [0.2, 0.25) is 0 Å². The number of ether oxygens (including phenoxy) is 3. The van der Waals surface area contributed by atoms with Crippen LogP contribution in [0.1, 0.15) is 0 Å². The summed E-state index contributed by atoms with van der Waals surface area (Å²) in [7, 11) is -2.42. The highest BCUT2D eigenvalue weighted by atomic mass is 32.2. The largest absolute Gasteiger partial charge is 0.493 e. The highest BCUT2D eigenvalue weighted by Gasteiger charge is 2.12. The van der Waals surface area contributed by atoms with E-state index in [4.69, 9.17) is 19.3 Å². The zero-order valence-corrected chi connectivity index (χ0v) is 15.2. The Kier molecular flexibility index (Phi) is 6.74. The molecule has 0 radical (unpaired) electrons. The van der Waals surface area contributed by atoms with Crippen molar-refractivity contribution >= 4 is 27.6 Å². The standard InChI is InChI=1S/C17H18N2O7S/c1-24-14-7-2-3-8-15(14)25-11-17(21)26-10-16(20)19-12-5-4-6-13(9-12)27(18,22)23/h2-9H,10-11H2,1H3,(H,19,20)(H2,18,22,23). The molecule has 0 bridgehead atoms. The molecule has 0 saturated carbocycles. The molecular formula is C17H18N2O7S. The Morgan fingerprint density at radius 3 is 2.41 bits per heavy atom. The smallest absolute Gasteiger partial charge is 0.344 e. The van der Waals surface area contributed by atoms with Gasteiger partial charge in [-0.3, -0.25) is 4.79 Å². The number of rotatable bonds is 8. The van der Waals surface area contributed by atoms with Crippen LogP contribution in [0, 0.1) is 0 Å². The summed E-state index contributed by atoms with van der Waals surface area (Å²) >= 11 is 0. The molecule has 0 aliphatic rings. The molecule has 2 rings (SSSR count). The van der Waals surface area contributed by atoms with Crippen molar-refractivity contribution in [2.45, 2.75) is 4.90 Å². The van der Waals surface area contributed by atoms with E-state index in [1.165, 1.54) is 31.4 Å². The quantitative estimate of drug-likeness (QED) is 0.635. The zero-order valence-electron chi connectivity index (χ0n) is 14.4. The first-order chi connectivity index (χ1) is 12.8. The number of carbonyl (C=O) groups excluding carboxylic acids is 2. The van der Waals surface area contributed by atoms with Crippen molar-refractivity contribution in [3.05, 3.63) is 48.5 Å². The number of primary sulfonamides is 1. The summed E-state index contributed by atoms with van der Waals surface area (Å²) in [6, 6.07) is 12.1. The highest BCUT2D eigenvalue weighted by molar-refractivity contribution is 7.89. The van der Waals surface area contributed by atoms with E-state index >= 15 is 0 Å². The zero-order chi connectivity index (χ0) is 19.9. The Bertz CT molecular complexity index is 928. The first kappa shape index (κ1) is 20.2. The number of nitrogens with one attached hydrogen (secondary N) is 1. The molecule has 0 spiro atoms. The average Bonchev–Trinajstić information content (AvgIpc) is 2.64.